The highest BCUT2D eigenvalue weighted by Crippen LogP contribution is 2.31. The van der Waals surface area contributed by atoms with Crippen molar-refractivity contribution in [3.05, 3.63) is 124 Å². The number of carbonyl (C=O) groups excluding carboxylic acids is 2. The monoisotopic (exact) mass is 611 g/mol. The summed E-state index contributed by atoms with van der Waals surface area (Å²) >= 11 is 3.63. The molecule has 0 aliphatic carbocycles. The Morgan fingerprint density at radius 1 is 0.976 bits per heavy atom. The van der Waals surface area contributed by atoms with Gasteiger partial charge in [-0.25, -0.2) is 0 Å². The van der Waals surface area contributed by atoms with E-state index in [2.05, 4.69) is 42.9 Å². The van der Waals surface area contributed by atoms with Gasteiger partial charge in [0.25, 0.3) is 0 Å². The number of nitrogens with one attached hydrogen (secondary N) is 2. The Bertz CT molecular complexity index is 1650. The number of carbonyl (C=O) groups is 2. The van der Waals surface area contributed by atoms with Gasteiger partial charge in [0.1, 0.15) is 5.60 Å². The van der Waals surface area contributed by atoms with Gasteiger partial charge in [-0.05, 0) is 86.3 Å². The first-order valence-electron chi connectivity index (χ1n) is 13.7. The van der Waals surface area contributed by atoms with Crippen molar-refractivity contribution in [1.82, 2.24) is 14.9 Å². The van der Waals surface area contributed by atoms with Crippen LogP contribution in [0.1, 0.15) is 55.5 Å². The fourth-order valence-electron chi connectivity index (χ4n) is 5.04. The number of H-pyrrole nitrogens is 1. The Hall–Kier alpha value is -4.10. The van der Waals surface area contributed by atoms with Crippen LogP contribution < -0.4 is 5.32 Å². The molecule has 0 spiro atoms. The minimum absolute atomic E-state index is 0.0810. The molecular formula is C34H34BrN3O3. The molecule has 0 fully saturated rings. The summed E-state index contributed by atoms with van der Waals surface area (Å²) in [5, 5.41) is 4.32. The zero-order valence-electron chi connectivity index (χ0n) is 23.5. The van der Waals surface area contributed by atoms with E-state index in [1.165, 1.54) is 0 Å². The van der Waals surface area contributed by atoms with Crippen LogP contribution >= 0.6 is 15.9 Å². The molecule has 5 aromatic rings. The number of aryl methyl sites for hydroxylation is 1. The number of halogens is 1. The molecule has 2 heterocycles. The number of nitrogens with zero attached hydrogens (tertiary/aromatic N) is 1. The summed E-state index contributed by atoms with van der Waals surface area (Å²) in [6.45, 7) is 5.61. The lowest BCUT2D eigenvalue weighted by Crippen LogP contribution is -2.31. The Kier molecular flexibility index (Phi) is 8.45. The van der Waals surface area contributed by atoms with Crippen molar-refractivity contribution in [2.45, 2.75) is 51.7 Å². The standard InChI is InChI=1S/C34H34BrN3O3/c1-34(2,3)41-32(40)16-12-25-22-36-29-14-11-23(19-27(25)29)20-31(39)37-33(24-9-5-4-6-10-24)28-21-26(35)13-15-30(28)38-17-7-8-18-38/h4-11,13-15,17-19,21-22,33,36H,12,16,20H2,1-3H3,(H,37,39). The summed E-state index contributed by atoms with van der Waals surface area (Å²) in [6, 6.07) is 25.8. The molecular weight excluding hydrogens is 578 g/mol. The maximum Gasteiger partial charge on any atom is 0.306 e. The van der Waals surface area contributed by atoms with E-state index in [1.54, 1.807) is 0 Å². The van der Waals surface area contributed by atoms with Gasteiger partial charge >= 0.3 is 5.97 Å². The number of hydrogen-bond donors (Lipinski definition) is 2. The molecule has 5 rings (SSSR count). The summed E-state index contributed by atoms with van der Waals surface area (Å²) in [4.78, 5) is 29.1. The summed E-state index contributed by atoms with van der Waals surface area (Å²) in [7, 11) is 0. The van der Waals surface area contributed by atoms with Crippen LogP contribution in [0, 0.1) is 0 Å². The van der Waals surface area contributed by atoms with E-state index >= 15 is 0 Å². The predicted octanol–water partition coefficient (Wildman–Crippen LogP) is 7.44. The fraction of sp³-hybridized carbons (Fsp3) is 0.235. The molecule has 41 heavy (non-hydrogen) atoms. The lowest BCUT2D eigenvalue weighted by atomic mass is 9.96. The second-order valence-electron chi connectivity index (χ2n) is 11.2. The van der Waals surface area contributed by atoms with Gasteiger partial charge in [0.05, 0.1) is 18.2 Å². The summed E-state index contributed by atoms with van der Waals surface area (Å²) in [6.07, 6.45) is 7.02. The number of rotatable bonds is 9. The number of aromatic nitrogens is 2. The topological polar surface area (TPSA) is 76.1 Å². The van der Waals surface area contributed by atoms with E-state index in [1.807, 2.05) is 106 Å². The highest BCUT2D eigenvalue weighted by molar-refractivity contribution is 9.10. The maximum absolute atomic E-state index is 13.6. The van der Waals surface area contributed by atoms with Gasteiger partial charge < -0.3 is 19.6 Å². The predicted molar refractivity (Wildman–Crippen MR) is 166 cm³/mol. The second kappa shape index (κ2) is 12.2. The van der Waals surface area contributed by atoms with Gasteiger partial charge in [-0.15, -0.1) is 0 Å². The largest absolute Gasteiger partial charge is 0.460 e. The number of amides is 1. The Balaban J connectivity index is 1.38. The SMILES string of the molecule is CC(C)(C)OC(=O)CCc1c[nH]c2ccc(CC(=O)NC(c3ccccc3)c3cc(Br)ccc3-n3cccc3)cc12. The minimum atomic E-state index is -0.506. The van der Waals surface area contributed by atoms with Gasteiger partial charge in [-0.2, -0.15) is 0 Å². The van der Waals surface area contributed by atoms with Crippen LogP contribution in [0.15, 0.2) is 102 Å². The average molecular weight is 613 g/mol. The molecule has 1 amide bonds. The molecule has 0 saturated heterocycles. The van der Waals surface area contributed by atoms with Crippen LogP contribution in [-0.4, -0.2) is 27.0 Å². The summed E-state index contributed by atoms with van der Waals surface area (Å²) < 4.78 is 8.47. The van der Waals surface area contributed by atoms with Crippen molar-refractivity contribution < 1.29 is 14.3 Å². The third-order valence-corrected chi connectivity index (χ3v) is 7.33. The van der Waals surface area contributed by atoms with E-state index < -0.39 is 5.60 Å². The normalized spacial score (nSPS) is 12.3. The average Bonchev–Trinajstić information content (AvgIpc) is 3.60. The lowest BCUT2D eigenvalue weighted by Gasteiger charge is -2.23. The van der Waals surface area contributed by atoms with Crippen LogP contribution in [0.4, 0.5) is 0 Å². The quantitative estimate of drug-likeness (QED) is 0.170. The molecule has 0 bridgehead atoms. The number of esters is 1. The first-order valence-corrected chi connectivity index (χ1v) is 14.5. The van der Waals surface area contributed by atoms with Crippen molar-refractivity contribution in [3.63, 3.8) is 0 Å². The molecule has 1 atom stereocenters. The van der Waals surface area contributed by atoms with Crippen LogP contribution in [0.2, 0.25) is 0 Å². The zero-order chi connectivity index (χ0) is 29.0. The summed E-state index contributed by atoms with van der Waals surface area (Å²) in [5.41, 5.74) is 5.38. The number of fused-ring (bicyclic) bond motifs is 1. The lowest BCUT2D eigenvalue weighted by molar-refractivity contribution is -0.154. The number of benzene rings is 3. The molecule has 210 valence electrons. The number of hydrogen-bond acceptors (Lipinski definition) is 3. The molecule has 2 aromatic heterocycles. The Labute approximate surface area is 248 Å². The maximum atomic E-state index is 13.6. The highest BCUT2D eigenvalue weighted by Gasteiger charge is 2.22. The van der Waals surface area contributed by atoms with E-state index in [0.717, 1.165) is 43.3 Å². The molecule has 2 N–H and O–H groups in total. The summed E-state index contributed by atoms with van der Waals surface area (Å²) in [5.74, 6) is -0.302. The Morgan fingerprint density at radius 2 is 1.73 bits per heavy atom. The highest BCUT2D eigenvalue weighted by atomic mass is 79.9. The molecule has 0 saturated carbocycles. The Morgan fingerprint density at radius 3 is 2.46 bits per heavy atom. The van der Waals surface area contributed by atoms with Crippen molar-refractivity contribution in [3.8, 4) is 5.69 Å². The van der Waals surface area contributed by atoms with Crippen LogP contribution in [0.5, 0.6) is 0 Å². The molecule has 3 aromatic carbocycles. The first kappa shape index (κ1) is 28.4. The third kappa shape index (κ3) is 7.16. The molecule has 7 heteroatoms. The van der Waals surface area contributed by atoms with Crippen molar-refractivity contribution in [1.29, 1.82) is 0 Å². The zero-order valence-corrected chi connectivity index (χ0v) is 25.1. The molecule has 0 aliphatic rings. The smallest absolute Gasteiger partial charge is 0.306 e. The molecule has 0 radical (unpaired) electrons. The third-order valence-electron chi connectivity index (χ3n) is 6.84. The molecule has 0 aliphatic heterocycles. The van der Waals surface area contributed by atoms with Gasteiger partial charge in [0.15, 0.2) is 0 Å². The van der Waals surface area contributed by atoms with Gasteiger partial charge in [0, 0.05) is 46.0 Å². The van der Waals surface area contributed by atoms with Crippen LogP contribution in [0.3, 0.4) is 0 Å². The first-order chi connectivity index (χ1) is 19.7. The number of ether oxygens (including phenoxy) is 1. The fourth-order valence-corrected chi connectivity index (χ4v) is 5.42. The van der Waals surface area contributed by atoms with E-state index in [4.69, 9.17) is 4.74 Å². The van der Waals surface area contributed by atoms with E-state index in [9.17, 15) is 9.59 Å². The molecule has 1 unspecified atom stereocenters. The van der Waals surface area contributed by atoms with E-state index in [0.29, 0.717) is 12.8 Å². The van der Waals surface area contributed by atoms with Gasteiger partial charge in [-0.1, -0.05) is 52.3 Å². The van der Waals surface area contributed by atoms with Crippen molar-refractivity contribution >= 4 is 38.7 Å². The minimum Gasteiger partial charge on any atom is -0.460 e. The van der Waals surface area contributed by atoms with E-state index in [-0.39, 0.29) is 24.3 Å². The van der Waals surface area contributed by atoms with Gasteiger partial charge in [0.2, 0.25) is 5.91 Å². The van der Waals surface area contributed by atoms with Crippen LogP contribution in [-0.2, 0) is 27.2 Å². The molecule has 6 nitrogen and oxygen atoms in total. The van der Waals surface area contributed by atoms with Crippen molar-refractivity contribution in [2.75, 3.05) is 0 Å². The van der Waals surface area contributed by atoms with Crippen LogP contribution in [0.25, 0.3) is 16.6 Å². The van der Waals surface area contributed by atoms with Crippen molar-refractivity contribution in [2.24, 2.45) is 0 Å². The number of aromatic amines is 1. The second-order valence-corrected chi connectivity index (χ2v) is 12.1. The van der Waals surface area contributed by atoms with Gasteiger partial charge in [-0.3, -0.25) is 9.59 Å².